The highest BCUT2D eigenvalue weighted by Crippen LogP contribution is 2.53. The van der Waals surface area contributed by atoms with Gasteiger partial charge in [-0.1, -0.05) is 48.6 Å². The number of cyclic esters (lactones) is 1. The number of rotatable bonds is 5. The van der Waals surface area contributed by atoms with Gasteiger partial charge < -0.3 is 24.4 Å². The number of unbranched alkanes of at least 4 members (excludes halogenated alkanes) is 1. The van der Waals surface area contributed by atoms with E-state index in [1.807, 2.05) is 54.6 Å². The van der Waals surface area contributed by atoms with Crippen molar-refractivity contribution in [2.24, 2.45) is 11.8 Å². The van der Waals surface area contributed by atoms with Crippen LogP contribution in [-0.2, 0) is 23.9 Å². The number of likely N-dealkylation sites (tertiary alicyclic amines) is 1. The Morgan fingerprint density at radius 2 is 1.83 bits per heavy atom. The van der Waals surface area contributed by atoms with Gasteiger partial charge in [-0.3, -0.25) is 14.4 Å². The number of fused-ring (bicyclic) bond motifs is 3. The fourth-order valence-electron chi connectivity index (χ4n) is 6.18. The topological polar surface area (TPSA) is 96.4 Å². The fourth-order valence-corrected chi connectivity index (χ4v) is 6.18. The second-order valence-corrected chi connectivity index (χ2v) is 9.75. The van der Waals surface area contributed by atoms with Crippen molar-refractivity contribution in [1.29, 1.82) is 0 Å². The van der Waals surface area contributed by atoms with E-state index in [9.17, 15) is 19.5 Å². The lowest BCUT2D eigenvalue weighted by Gasteiger charge is -2.35. The van der Waals surface area contributed by atoms with Crippen molar-refractivity contribution < 1.29 is 29.0 Å². The number of carbonyl (C=O) groups is 3. The van der Waals surface area contributed by atoms with Gasteiger partial charge in [0.05, 0.1) is 12.0 Å². The molecule has 4 aliphatic rings. The Hall–Kier alpha value is -3.49. The number of hydrogen-bond donors (Lipinski definition) is 1. The summed E-state index contributed by atoms with van der Waals surface area (Å²) in [6.07, 6.45) is 7.58. The minimum Gasteiger partial charge on any atom is -0.461 e. The van der Waals surface area contributed by atoms with Crippen molar-refractivity contribution in [3.8, 4) is 0 Å². The number of aliphatic hydroxyl groups is 1. The van der Waals surface area contributed by atoms with Gasteiger partial charge in [-0.05, 0) is 41.8 Å². The van der Waals surface area contributed by atoms with Crippen molar-refractivity contribution in [2.75, 3.05) is 31.2 Å². The minimum absolute atomic E-state index is 0.00332. The van der Waals surface area contributed by atoms with Crippen molar-refractivity contribution in [2.45, 2.75) is 30.6 Å². The molecule has 4 aliphatic heterocycles. The van der Waals surface area contributed by atoms with Gasteiger partial charge in [-0.2, -0.15) is 0 Å². The Balaban J connectivity index is 1.43. The average molecular weight is 489 g/mol. The van der Waals surface area contributed by atoms with Crippen LogP contribution in [0.15, 0.2) is 66.8 Å². The third-order valence-corrected chi connectivity index (χ3v) is 7.77. The van der Waals surface area contributed by atoms with Crippen LogP contribution in [0.4, 0.5) is 5.69 Å². The third-order valence-electron chi connectivity index (χ3n) is 7.77. The summed E-state index contributed by atoms with van der Waals surface area (Å²) in [5, 5.41) is 11.4. The van der Waals surface area contributed by atoms with E-state index in [0.717, 1.165) is 16.5 Å². The molecule has 1 unspecified atom stereocenters. The lowest BCUT2D eigenvalue weighted by atomic mass is 9.78. The Bertz CT molecular complexity index is 1290. The first-order valence-corrected chi connectivity index (χ1v) is 12.5. The highest BCUT2D eigenvalue weighted by molar-refractivity contribution is 6.06. The molecule has 2 aromatic rings. The van der Waals surface area contributed by atoms with Crippen LogP contribution in [-0.4, -0.2) is 71.8 Å². The largest absolute Gasteiger partial charge is 0.461 e. The highest BCUT2D eigenvalue weighted by Gasteiger charge is 2.71. The molecule has 2 fully saturated rings. The Labute approximate surface area is 208 Å². The number of amides is 2. The maximum absolute atomic E-state index is 14.3. The molecule has 5 atom stereocenters. The van der Waals surface area contributed by atoms with Crippen LogP contribution >= 0.6 is 0 Å². The molecule has 8 heteroatoms. The van der Waals surface area contributed by atoms with Crippen LogP contribution in [0.1, 0.15) is 12.8 Å². The van der Waals surface area contributed by atoms with Crippen LogP contribution < -0.4 is 4.90 Å². The predicted molar refractivity (Wildman–Crippen MR) is 132 cm³/mol. The maximum Gasteiger partial charge on any atom is 0.313 e. The maximum atomic E-state index is 14.3. The monoisotopic (exact) mass is 488 g/mol. The molecule has 0 aliphatic carbocycles. The number of hydrogen-bond acceptors (Lipinski definition) is 6. The molecule has 2 amide bonds. The number of ether oxygens (including phenoxy) is 2. The van der Waals surface area contributed by atoms with Crippen LogP contribution in [0.5, 0.6) is 0 Å². The first-order valence-electron chi connectivity index (χ1n) is 12.5. The fraction of sp³-hybridized carbons (Fsp3) is 0.393. The molecular weight excluding hydrogens is 460 g/mol. The number of aliphatic hydroxyl groups excluding tert-OH is 1. The molecule has 1 spiro atoms. The highest BCUT2D eigenvalue weighted by atomic mass is 16.6. The Morgan fingerprint density at radius 1 is 1.00 bits per heavy atom. The number of nitrogens with zero attached hydrogens (tertiary/aromatic N) is 2. The SMILES string of the molecule is O=C1OCC=C[C@@H]2O[C@]34C=CCN(c5ccc6ccccc6c5)C(=O)C3N(CCCCO)C(=O)[C@@H]4[C@H]12. The summed E-state index contributed by atoms with van der Waals surface area (Å²) >= 11 is 0. The molecule has 1 N–H and O–H groups in total. The summed E-state index contributed by atoms with van der Waals surface area (Å²) < 4.78 is 11.9. The van der Waals surface area contributed by atoms with Gasteiger partial charge in [0, 0.05) is 25.4 Å². The molecule has 8 nitrogen and oxygen atoms in total. The zero-order valence-corrected chi connectivity index (χ0v) is 19.8. The average Bonchev–Trinajstić information content (AvgIpc) is 3.18. The van der Waals surface area contributed by atoms with Crippen molar-refractivity contribution >= 4 is 34.2 Å². The molecule has 0 bridgehead atoms. The summed E-state index contributed by atoms with van der Waals surface area (Å²) in [5.74, 6) is -2.67. The molecule has 6 rings (SSSR count). The van der Waals surface area contributed by atoms with Gasteiger partial charge in [-0.25, -0.2) is 0 Å². The van der Waals surface area contributed by atoms with E-state index in [1.54, 1.807) is 22.0 Å². The zero-order chi connectivity index (χ0) is 24.9. The van der Waals surface area contributed by atoms with E-state index in [2.05, 4.69) is 0 Å². The lowest BCUT2D eigenvalue weighted by molar-refractivity contribution is -0.152. The first-order chi connectivity index (χ1) is 17.5. The molecule has 0 aromatic heterocycles. The van der Waals surface area contributed by atoms with Gasteiger partial charge in [-0.15, -0.1) is 0 Å². The molecule has 186 valence electrons. The van der Waals surface area contributed by atoms with Gasteiger partial charge >= 0.3 is 5.97 Å². The lowest BCUT2D eigenvalue weighted by Crippen LogP contribution is -2.55. The zero-order valence-electron chi connectivity index (χ0n) is 19.8. The normalized spacial score (nSPS) is 31.2. The van der Waals surface area contributed by atoms with E-state index in [0.29, 0.717) is 25.9 Å². The van der Waals surface area contributed by atoms with Gasteiger partial charge in [0.2, 0.25) is 5.91 Å². The van der Waals surface area contributed by atoms with E-state index in [-0.39, 0.29) is 25.0 Å². The molecule has 2 aromatic carbocycles. The van der Waals surface area contributed by atoms with Crippen molar-refractivity contribution in [3.05, 3.63) is 66.8 Å². The van der Waals surface area contributed by atoms with Crippen LogP contribution in [0.2, 0.25) is 0 Å². The second kappa shape index (κ2) is 8.87. The summed E-state index contributed by atoms with van der Waals surface area (Å²) in [7, 11) is 0. The van der Waals surface area contributed by atoms with Crippen LogP contribution in [0.3, 0.4) is 0 Å². The first kappa shape index (κ1) is 22.9. The van der Waals surface area contributed by atoms with Crippen molar-refractivity contribution in [3.63, 3.8) is 0 Å². The van der Waals surface area contributed by atoms with Gasteiger partial charge in [0.15, 0.2) is 0 Å². The molecule has 0 radical (unpaired) electrons. The molecule has 2 saturated heterocycles. The summed E-state index contributed by atoms with van der Waals surface area (Å²) in [5.41, 5.74) is -0.534. The molecule has 36 heavy (non-hydrogen) atoms. The van der Waals surface area contributed by atoms with Gasteiger partial charge in [0.25, 0.3) is 5.91 Å². The Kier molecular flexibility index (Phi) is 5.65. The van der Waals surface area contributed by atoms with E-state index in [1.165, 1.54) is 0 Å². The quantitative estimate of drug-likeness (QED) is 0.394. The minimum atomic E-state index is -1.27. The van der Waals surface area contributed by atoms with E-state index < -0.39 is 35.6 Å². The van der Waals surface area contributed by atoms with Gasteiger partial charge in [0.1, 0.15) is 24.2 Å². The number of benzene rings is 2. The number of anilines is 1. The van der Waals surface area contributed by atoms with E-state index in [4.69, 9.17) is 9.47 Å². The number of esters is 1. The van der Waals surface area contributed by atoms with Crippen molar-refractivity contribution in [1.82, 2.24) is 4.90 Å². The Morgan fingerprint density at radius 3 is 2.67 bits per heavy atom. The number of carbonyl (C=O) groups excluding carboxylic acids is 3. The predicted octanol–water partition coefficient (Wildman–Crippen LogP) is 2.21. The standard InChI is InChI=1S/C28H28N2O6/c31-15-4-3-13-30-24-26(33)29(20-11-10-18-7-1-2-8-19(18)17-20)14-6-12-28(24)23(25(30)32)22-21(36-28)9-5-16-35-27(22)34/h1-2,5-12,17,21-24,31H,3-4,13-16H2/t21-,22+,23-,24?,28-/m0/s1. The van der Waals surface area contributed by atoms with Crippen LogP contribution in [0, 0.1) is 11.8 Å². The smallest absolute Gasteiger partial charge is 0.313 e. The molecule has 4 heterocycles. The second-order valence-electron chi connectivity index (χ2n) is 9.75. The summed E-state index contributed by atoms with van der Waals surface area (Å²) in [4.78, 5) is 44.3. The molecule has 0 saturated carbocycles. The molecular formula is C28H28N2O6. The van der Waals surface area contributed by atoms with E-state index >= 15 is 0 Å². The summed E-state index contributed by atoms with van der Waals surface area (Å²) in [6.45, 7) is 0.743. The van der Waals surface area contributed by atoms with Crippen LogP contribution in [0.25, 0.3) is 10.8 Å². The third kappa shape index (κ3) is 3.39. The summed E-state index contributed by atoms with van der Waals surface area (Å²) in [6, 6.07) is 12.9.